The van der Waals surface area contributed by atoms with Gasteiger partial charge >= 0.3 is 0 Å². The lowest BCUT2D eigenvalue weighted by Gasteiger charge is -1.92. The van der Waals surface area contributed by atoms with E-state index in [9.17, 15) is 0 Å². The molecule has 1 heteroatoms. The molecule has 0 N–H and O–H groups in total. The summed E-state index contributed by atoms with van der Waals surface area (Å²) < 4.78 is 2.34. The smallest absolute Gasteiger partial charge is 0.0577 e. The first-order valence-electron chi connectivity index (χ1n) is 7.17. The monoisotopic (exact) mass is 273 g/mol. The maximum Gasteiger partial charge on any atom is 0.0577 e. The zero-order valence-corrected chi connectivity index (χ0v) is 12.6. The summed E-state index contributed by atoms with van der Waals surface area (Å²) in [6, 6.07) is 8.52. The van der Waals surface area contributed by atoms with Gasteiger partial charge < -0.3 is 4.40 Å². The SMILES string of the molecule is C=C/C=c1/c(C)c2/c(=C\C=C)c3ccccc3n2/c1=C/C. The van der Waals surface area contributed by atoms with Gasteiger partial charge in [-0.15, -0.1) is 0 Å². The normalized spacial score (nSPS) is 14.5. The molecule has 1 nitrogen and oxygen atoms in total. The van der Waals surface area contributed by atoms with Crippen LogP contribution in [0.1, 0.15) is 12.5 Å². The summed E-state index contributed by atoms with van der Waals surface area (Å²) in [5.74, 6) is 0. The lowest BCUT2D eigenvalue weighted by molar-refractivity contribution is 1.21. The van der Waals surface area contributed by atoms with Crippen molar-refractivity contribution >= 4 is 34.6 Å². The Morgan fingerprint density at radius 3 is 2.33 bits per heavy atom. The van der Waals surface area contributed by atoms with Gasteiger partial charge in [-0.3, -0.25) is 0 Å². The third-order valence-corrected chi connectivity index (χ3v) is 4.03. The molecule has 0 aliphatic heterocycles. The fourth-order valence-electron chi connectivity index (χ4n) is 3.22. The molecular weight excluding hydrogens is 254 g/mol. The summed E-state index contributed by atoms with van der Waals surface area (Å²) in [6.45, 7) is 12.0. The molecule has 104 valence electrons. The Bertz CT molecular complexity index is 1030. The van der Waals surface area contributed by atoms with Crippen LogP contribution >= 0.6 is 0 Å². The van der Waals surface area contributed by atoms with Gasteiger partial charge in [0.05, 0.1) is 11.0 Å². The van der Waals surface area contributed by atoms with Crippen LogP contribution in [0.3, 0.4) is 0 Å². The van der Waals surface area contributed by atoms with Crippen LogP contribution in [0.4, 0.5) is 0 Å². The van der Waals surface area contributed by atoms with Crippen molar-refractivity contribution in [3.8, 4) is 0 Å². The van der Waals surface area contributed by atoms with Gasteiger partial charge in [0.15, 0.2) is 0 Å². The van der Waals surface area contributed by atoms with Gasteiger partial charge in [0, 0.05) is 21.2 Å². The van der Waals surface area contributed by atoms with E-state index in [1.807, 2.05) is 12.2 Å². The van der Waals surface area contributed by atoms with Crippen LogP contribution in [0.5, 0.6) is 0 Å². The number of para-hydroxylation sites is 1. The van der Waals surface area contributed by atoms with Gasteiger partial charge in [0.1, 0.15) is 0 Å². The number of hydrogen-bond acceptors (Lipinski definition) is 0. The summed E-state index contributed by atoms with van der Waals surface area (Å²) in [5, 5.41) is 4.97. The van der Waals surface area contributed by atoms with E-state index in [1.54, 1.807) is 0 Å². The highest BCUT2D eigenvalue weighted by Gasteiger charge is 2.12. The molecule has 0 atom stereocenters. The van der Waals surface area contributed by atoms with Crippen LogP contribution in [0, 0.1) is 6.92 Å². The molecule has 0 amide bonds. The first-order valence-corrected chi connectivity index (χ1v) is 7.17. The van der Waals surface area contributed by atoms with Crippen LogP contribution in [-0.4, -0.2) is 4.40 Å². The highest BCUT2D eigenvalue weighted by molar-refractivity contribution is 5.91. The van der Waals surface area contributed by atoms with Gasteiger partial charge in [0.25, 0.3) is 0 Å². The average Bonchev–Trinajstić information content (AvgIpc) is 2.96. The summed E-state index contributed by atoms with van der Waals surface area (Å²) in [6.07, 6.45) is 10.1. The third-order valence-electron chi connectivity index (χ3n) is 4.03. The van der Waals surface area contributed by atoms with Crippen LogP contribution in [-0.2, 0) is 0 Å². The summed E-state index contributed by atoms with van der Waals surface area (Å²) >= 11 is 0. The molecule has 0 radical (unpaired) electrons. The first kappa shape index (κ1) is 13.4. The largest absolute Gasteiger partial charge is 0.309 e. The number of hydrogen-bond donors (Lipinski definition) is 0. The second-order valence-electron chi connectivity index (χ2n) is 5.13. The van der Waals surface area contributed by atoms with Crippen molar-refractivity contribution in [2.24, 2.45) is 0 Å². The van der Waals surface area contributed by atoms with Crippen LogP contribution in [0.15, 0.2) is 49.6 Å². The zero-order chi connectivity index (χ0) is 15.0. The van der Waals surface area contributed by atoms with E-state index in [4.69, 9.17) is 0 Å². The third kappa shape index (κ3) is 1.78. The molecular formula is C20H19N. The molecule has 0 saturated heterocycles. The summed E-state index contributed by atoms with van der Waals surface area (Å²) in [7, 11) is 0. The number of benzene rings is 1. The average molecular weight is 273 g/mol. The lowest BCUT2D eigenvalue weighted by Crippen LogP contribution is -2.26. The number of nitrogens with zero attached hydrogens (tertiary/aromatic N) is 1. The number of fused-ring (bicyclic) bond motifs is 3. The van der Waals surface area contributed by atoms with Gasteiger partial charge in [-0.2, -0.15) is 0 Å². The van der Waals surface area contributed by atoms with Crippen molar-refractivity contribution in [1.82, 2.24) is 4.40 Å². The minimum absolute atomic E-state index is 1.22. The van der Waals surface area contributed by atoms with Gasteiger partial charge in [-0.1, -0.05) is 61.7 Å². The minimum atomic E-state index is 1.22. The summed E-state index contributed by atoms with van der Waals surface area (Å²) in [4.78, 5) is 0. The zero-order valence-electron chi connectivity index (χ0n) is 12.6. The van der Waals surface area contributed by atoms with Gasteiger partial charge in [0.2, 0.25) is 0 Å². The van der Waals surface area contributed by atoms with Crippen molar-refractivity contribution in [2.45, 2.75) is 13.8 Å². The number of aryl methyl sites for hydroxylation is 1. The Hall–Kier alpha value is -2.54. The molecule has 0 fully saturated rings. The Kier molecular flexibility index (Phi) is 3.26. The van der Waals surface area contributed by atoms with Gasteiger partial charge in [-0.05, 0) is 25.5 Å². The fourth-order valence-corrected chi connectivity index (χ4v) is 3.22. The van der Waals surface area contributed by atoms with Crippen molar-refractivity contribution < 1.29 is 0 Å². The molecule has 0 aliphatic rings. The van der Waals surface area contributed by atoms with E-state index in [0.717, 1.165) is 0 Å². The minimum Gasteiger partial charge on any atom is -0.309 e. The first-order chi connectivity index (χ1) is 10.2. The van der Waals surface area contributed by atoms with E-state index in [2.05, 4.69) is 73.9 Å². The highest BCUT2D eigenvalue weighted by atomic mass is 14.9. The molecule has 3 aromatic rings. The quantitative estimate of drug-likeness (QED) is 0.676. The Labute approximate surface area is 124 Å². The standard InChI is InChI=1S/C20H19N/c1-5-10-15-14(4)20-17(11-6-2)16-12-8-9-13-19(16)21(20)18(15)7-3/h5-13H,1-2H2,3-4H3/b15-10-,17-11-,18-7+. The van der Waals surface area contributed by atoms with Gasteiger partial charge in [-0.25, -0.2) is 0 Å². The summed E-state index contributed by atoms with van der Waals surface area (Å²) in [5.41, 5.74) is 3.78. The fraction of sp³-hybridized carbons (Fsp3) is 0.100. The molecule has 0 unspecified atom stereocenters. The van der Waals surface area contributed by atoms with Crippen molar-refractivity contribution in [3.63, 3.8) is 0 Å². The Morgan fingerprint density at radius 2 is 1.67 bits per heavy atom. The predicted molar refractivity (Wildman–Crippen MR) is 93.6 cm³/mol. The lowest BCUT2D eigenvalue weighted by atomic mass is 10.1. The molecule has 1 aromatic carbocycles. The molecule has 0 bridgehead atoms. The van der Waals surface area contributed by atoms with E-state index in [-0.39, 0.29) is 0 Å². The molecule has 2 heterocycles. The Balaban J connectivity index is 2.82. The molecule has 3 rings (SSSR count). The molecule has 0 spiro atoms. The number of rotatable bonds is 2. The maximum atomic E-state index is 3.87. The van der Waals surface area contributed by atoms with E-state index in [0.29, 0.717) is 0 Å². The topological polar surface area (TPSA) is 4.41 Å². The maximum absolute atomic E-state index is 3.87. The Morgan fingerprint density at radius 1 is 1.00 bits per heavy atom. The molecule has 0 aliphatic carbocycles. The van der Waals surface area contributed by atoms with E-state index < -0.39 is 0 Å². The molecule has 0 saturated carbocycles. The van der Waals surface area contributed by atoms with Crippen molar-refractivity contribution in [2.75, 3.05) is 0 Å². The predicted octanol–water partition coefficient (Wildman–Crippen LogP) is 2.85. The van der Waals surface area contributed by atoms with Crippen LogP contribution < -0.4 is 15.8 Å². The van der Waals surface area contributed by atoms with Crippen molar-refractivity contribution in [3.05, 3.63) is 70.9 Å². The second-order valence-corrected chi connectivity index (χ2v) is 5.13. The molecule has 2 aromatic heterocycles. The number of aromatic nitrogens is 1. The second kappa shape index (κ2) is 5.10. The number of allylic oxidation sites excluding steroid dienone is 2. The van der Waals surface area contributed by atoms with E-state index >= 15 is 0 Å². The molecule has 21 heavy (non-hydrogen) atoms. The highest BCUT2D eigenvalue weighted by Crippen LogP contribution is 2.14. The van der Waals surface area contributed by atoms with Crippen LogP contribution in [0.2, 0.25) is 0 Å². The van der Waals surface area contributed by atoms with Crippen molar-refractivity contribution in [1.29, 1.82) is 0 Å². The van der Waals surface area contributed by atoms with Crippen LogP contribution in [0.25, 0.3) is 34.6 Å². The van der Waals surface area contributed by atoms with E-state index in [1.165, 1.54) is 37.8 Å².